The van der Waals surface area contributed by atoms with Gasteiger partial charge in [-0.1, -0.05) is 0 Å². The van der Waals surface area contributed by atoms with Crippen molar-refractivity contribution in [3.8, 4) is 11.5 Å². The van der Waals surface area contributed by atoms with Crippen LogP contribution in [0.15, 0.2) is 24.3 Å². The minimum atomic E-state index is -0.242. The molecule has 3 nitrogen and oxygen atoms in total. The van der Waals surface area contributed by atoms with Crippen LogP contribution in [0.5, 0.6) is 11.5 Å². The second-order valence-electron chi connectivity index (χ2n) is 4.54. The molecule has 1 aromatic carbocycles. The Hall–Kier alpha value is -1.94. The molecule has 0 aliphatic carbocycles. The van der Waals surface area contributed by atoms with Crippen LogP contribution in [0.2, 0.25) is 0 Å². The molecule has 100 valence electrons. The number of aryl methyl sites for hydroxylation is 3. The van der Waals surface area contributed by atoms with Crippen molar-refractivity contribution < 1.29 is 9.13 Å². The first-order valence-electron chi connectivity index (χ1n) is 6.12. The van der Waals surface area contributed by atoms with E-state index in [1.54, 1.807) is 19.1 Å². The van der Waals surface area contributed by atoms with Crippen LogP contribution in [0, 0.1) is 26.6 Å². The molecule has 0 saturated carbocycles. The lowest BCUT2D eigenvalue weighted by atomic mass is 10.1. The third kappa shape index (κ3) is 2.90. The van der Waals surface area contributed by atoms with Crippen LogP contribution in [0.25, 0.3) is 0 Å². The van der Waals surface area contributed by atoms with Gasteiger partial charge in [-0.25, -0.2) is 4.39 Å². The predicted octanol–water partition coefficient (Wildman–Crippen LogP) is 3.40. The Bertz CT molecular complexity index is 611. The molecule has 0 radical (unpaired) electrons. The van der Waals surface area contributed by atoms with Crippen molar-refractivity contribution in [2.45, 2.75) is 27.3 Å². The van der Waals surface area contributed by atoms with Crippen LogP contribution < -0.4 is 10.5 Å². The van der Waals surface area contributed by atoms with Gasteiger partial charge >= 0.3 is 0 Å². The van der Waals surface area contributed by atoms with Crippen molar-refractivity contribution in [3.63, 3.8) is 0 Å². The molecular weight excluding hydrogens is 243 g/mol. The van der Waals surface area contributed by atoms with Gasteiger partial charge in [0, 0.05) is 29.6 Å². The lowest BCUT2D eigenvalue weighted by Gasteiger charge is -2.13. The average Bonchev–Trinajstić information content (AvgIpc) is 2.33. The molecule has 19 heavy (non-hydrogen) atoms. The van der Waals surface area contributed by atoms with Gasteiger partial charge in [0.1, 0.15) is 17.3 Å². The van der Waals surface area contributed by atoms with E-state index < -0.39 is 0 Å². The Morgan fingerprint density at radius 1 is 1.21 bits per heavy atom. The zero-order chi connectivity index (χ0) is 14.0. The number of nitrogens with zero attached hydrogens (tertiary/aromatic N) is 1. The summed E-state index contributed by atoms with van der Waals surface area (Å²) in [4.78, 5) is 4.36. The van der Waals surface area contributed by atoms with Crippen LogP contribution in [-0.4, -0.2) is 4.98 Å². The van der Waals surface area contributed by atoms with E-state index in [1.165, 1.54) is 6.07 Å². The van der Waals surface area contributed by atoms with Gasteiger partial charge in [-0.3, -0.25) is 4.98 Å². The van der Waals surface area contributed by atoms with Crippen LogP contribution in [0.1, 0.15) is 22.5 Å². The summed E-state index contributed by atoms with van der Waals surface area (Å²) in [7, 11) is 0. The summed E-state index contributed by atoms with van der Waals surface area (Å²) in [6.07, 6.45) is 0. The quantitative estimate of drug-likeness (QED) is 0.920. The highest BCUT2D eigenvalue weighted by molar-refractivity contribution is 5.41. The van der Waals surface area contributed by atoms with Crippen LogP contribution >= 0.6 is 0 Å². The van der Waals surface area contributed by atoms with Crippen molar-refractivity contribution in [3.05, 3.63) is 52.6 Å². The second kappa shape index (κ2) is 5.36. The number of pyridine rings is 1. The molecule has 0 spiro atoms. The summed E-state index contributed by atoms with van der Waals surface area (Å²) in [5.74, 6) is 1.03. The Morgan fingerprint density at radius 2 is 1.95 bits per heavy atom. The molecule has 0 fully saturated rings. The van der Waals surface area contributed by atoms with Gasteiger partial charge in [0.25, 0.3) is 0 Å². The van der Waals surface area contributed by atoms with Crippen molar-refractivity contribution >= 4 is 0 Å². The molecule has 2 aromatic rings. The predicted molar refractivity (Wildman–Crippen MR) is 72.8 cm³/mol. The van der Waals surface area contributed by atoms with E-state index in [0.29, 0.717) is 23.6 Å². The van der Waals surface area contributed by atoms with Crippen LogP contribution in [-0.2, 0) is 6.54 Å². The van der Waals surface area contributed by atoms with Gasteiger partial charge < -0.3 is 10.5 Å². The minimum Gasteiger partial charge on any atom is -0.457 e. The Balaban J connectivity index is 2.39. The smallest absolute Gasteiger partial charge is 0.135 e. The summed E-state index contributed by atoms with van der Waals surface area (Å²) >= 11 is 0. The van der Waals surface area contributed by atoms with E-state index in [4.69, 9.17) is 10.5 Å². The minimum absolute atomic E-state index is 0.242. The summed E-state index contributed by atoms with van der Waals surface area (Å²) in [6.45, 7) is 5.86. The van der Waals surface area contributed by atoms with Gasteiger partial charge in [0.15, 0.2) is 0 Å². The van der Waals surface area contributed by atoms with Crippen molar-refractivity contribution in [2.75, 3.05) is 0 Å². The number of benzene rings is 1. The van der Waals surface area contributed by atoms with Crippen molar-refractivity contribution in [2.24, 2.45) is 5.73 Å². The lowest BCUT2D eigenvalue weighted by molar-refractivity contribution is 0.471. The number of hydrogen-bond donors (Lipinski definition) is 1. The third-order valence-electron chi connectivity index (χ3n) is 2.98. The Labute approximate surface area is 112 Å². The van der Waals surface area contributed by atoms with Gasteiger partial charge in [-0.05, 0) is 44.5 Å². The Kier molecular flexibility index (Phi) is 3.81. The zero-order valence-corrected chi connectivity index (χ0v) is 11.3. The van der Waals surface area contributed by atoms with E-state index >= 15 is 0 Å². The largest absolute Gasteiger partial charge is 0.457 e. The molecule has 0 unspecified atom stereocenters. The maximum absolute atomic E-state index is 13.2. The molecule has 4 heteroatoms. The Morgan fingerprint density at radius 3 is 2.58 bits per heavy atom. The molecule has 1 aromatic heterocycles. The van der Waals surface area contributed by atoms with Gasteiger partial charge in [0.05, 0.1) is 0 Å². The van der Waals surface area contributed by atoms with E-state index in [2.05, 4.69) is 4.98 Å². The maximum Gasteiger partial charge on any atom is 0.135 e. The molecule has 0 aliphatic heterocycles. The summed E-state index contributed by atoms with van der Waals surface area (Å²) in [5, 5.41) is 0. The molecule has 1 heterocycles. The molecule has 2 rings (SSSR count). The molecule has 0 amide bonds. The highest BCUT2D eigenvalue weighted by atomic mass is 19.1. The van der Waals surface area contributed by atoms with Gasteiger partial charge in [-0.2, -0.15) is 0 Å². The topological polar surface area (TPSA) is 48.1 Å². The molecule has 0 aliphatic rings. The fourth-order valence-corrected chi connectivity index (χ4v) is 1.97. The standard InChI is InChI=1S/C15H17FN2O/c1-9-6-12(4-5-14(9)16)19-15-7-10(2)18-11(3)13(15)8-17/h4-7H,8,17H2,1-3H3. The number of rotatable bonds is 3. The number of halogens is 1. The van der Waals surface area contributed by atoms with E-state index in [-0.39, 0.29) is 5.82 Å². The monoisotopic (exact) mass is 260 g/mol. The number of nitrogens with two attached hydrogens (primary N) is 1. The summed E-state index contributed by atoms with van der Waals surface area (Å²) < 4.78 is 19.0. The first-order chi connectivity index (χ1) is 9.01. The highest BCUT2D eigenvalue weighted by Gasteiger charge is 2.10. The van der Waals surface area contributed by atoms with Crippen LogP contribution in [0.3, 0.4) is 0 Å². The zero-order valence-electron chi connectivity index (χ0n) is 11.3. The SMILES string of the molecule is Cc1cc(Oc2ccc(F)c(C)c2)c(CN)c(C)n1. The van der Waals surface area contributed by atoms with Gasteiger partial charge in [-0.15, -0.1) is 0 Å². The van der Waals surface area contributed by atoms with Crippen molar-refractivity contribution in [1.29, 1.82) is 0 Å². The second-order valence-corrected chi connectivity index (χ2v) is 4.54. The summed E-state index contributed by atoms with van der Waals surface area (Å²) in [6, 6.07) is 6.51. The first-order valence-corrected chi connectivity index (χ1v) is 6.12. The van der Waals surface area contributed by atoms with E-state index in [1.807, 2.05) is 19.9 Å². The van der Waals surface area contributed by atoms with Crippen LogP contribution in [0.4, 0.5) is 4.39 Å². The fraction of sp³-hybridized carbons (Fsp3) is 0.267. The third-order valence-corrected chi connectivity index (χ3v) is 2.98. The molecule has 0 bridgehead atoms. The van der Waals surface area contributed by atoms with Gasteiger partial charge in [0.2, 0.25) is 0 Å². The number of ether oxygens (including phenoxy) is 1. The molecule has 0 saturated heterocycles. The summed E-state index contributed by atoms with van der Waals surface area (Å²) in [5.41, 5.74) is 8.87. The number of hydrogen-bond acceptors (Lipinski definition) is 3. The van der Waals surface area contributed by atoms with Crippen molar-refractivity contribution in [1.82, 2.24) is 4.98 Å². The average molecular weight is 260 g/mol. The van der Waals surface area contributed by atoms with E-state index in [9.17, 15) is 4.39 Å². The first kappa shape index (κ1) is 13.5. The molecular formula is C15H17FN2O. The maximum atomic E-state index is 13.2. The lowest BCUT2D eigenvalue weighted by Crippen LogP contribution is -2.05. The number of aromatic nitrogens is 1. The molecule has 0 atom stereocenters. The van der Waals surface area contributed by atoms with E-state index in [0.717, 1.165) is 17.0 Å². The fourth-order valence-electron chi connectivity index (χ4n) is 1.97. The normalized spacial score (nSPS) is 10.6. The highest BCUT2D eigenvalue weighted by Crippen LogP contribution is 2.28. The molecule has 2 N–H and O–H groups in total.